The molecule has 0 fully saturated rings. The number of Topliss-reactive ketones (excluding diaryl/α,β-unsaturated/α-hetero) is 1. The number of ketones is 1. The molecule has 0 bridgehead atoms. The van der Waals surface area contributed by atoms with Gasteiger partial charge in [-0.05, 0) is 13.8 Å². The van der Waals surface area contributed by atoms with Gasteiger partial charge in [-0.25, -0.2) is 0 Å². The zero-order chi connectivity index (χ0) is 10.7. The summed E-state index contributed by atoms with van der Waals surface area (Å²) in [5.41, 5.74) is 0.420. The van der Waals surface area contributed by atoms with Gasteiger partial charge in [-0.3, -0.25) is 9.48 Å². The number of nitrogens with zero attached hydrogens (tertiary/aromatic N) is 2. The summed E-state index contributed by atoms with van der Waals surface area (Å²) < 4.78 is 6.51. The number of carbonyl (C=O) groups is 1. The normalized spacial score (nSPS) is 12.9. The second-order valence-corrected chi connectivity index (χ2v) is 3.31. The molecule has 1 heterocycles. The number of hydrogen-bond donors (Lipinski definition) is 0. The van der Waals surface area contributed by atoms with Crippen LogP contribution >= 0.6 is 11.6 Å². The lowest BCUT2D eigenvalue weighted by atomic mass is 10.2. The van der Waals surface area contributed by atoms with Gasteiger partial charge in [-0.15, -0.1) is 0 Å². The summed E-state index contributed by atoms with van der Waals surface area (Å²) in [6, 6.07) is 0. The molecule has 0 radical (unpaired) electrons. The lowest BCUT2D eigenvalue weighted by molar-refractivity contribution is 0.0645. The Labute approximate surface area is 87.8 Å². The van der Waals surface area contributed by atoms with Crippen molar-refractivity contribution in [2.45, 2.75) is 26.5 Å². The van der Waals surface area contributed by atoms with Crippen LogP contribution in [0.5, 0.6) is 0 Å². The first-order valence-corrected chi connectivity index (χ1v) is 4.77. The van der Waals surface area contributed by atoms with Crippen LogP contribution in [0.15, 0.2) is 6.20 Å². The largest absolute Gasteiger partial charge is 0.374 e. The highest BCUT2D eigenvalue weighted by atomic mass is 35.5. The standard InChI is InChI=1S/C9H13ClN2O2/c1-4-12-8(7(10)5-11-12)9(13)6(2)14-3/h5-6H,4H2,1-3H3. The Hall–Kier alpha value is -0.870. The van der Waals surface area contributed by atoms with Gasteiger partial charge in [-0.2, -0.15) is 5.10 Å². The molecule has 0 N–H and O–H groups in total. The third kappa shape index (κ3) is 1.96. The van der Waals surface area contributed by atoms with Gasteiger partial charge in [-0.1, -0.05) is 11.6 Å². The van der Waals surface area contributed by atoms with Gasteiger partial charge in [0.05, 0.1) is 11.2 Å². The molecular weight excluding hydrogens is 204 g/mol. The van der Waals surface area contributed by atoms with Crippen molar-refractivity contribution in [2.24, 2.45) is 0 Å². The Morgan fingerprint density at radius 2 is 2.43 bits per heavy atom. The lowest BCUT2D eigenvalue weighted by Gasteiger charge is -2.09. The van der Waals surface area contributed by atoms with Gasteiger partial charge in [0.15, 0.2) is 0 Å². The van der Waals surface area contributed by atoms with E-state index < -0.39 is 6.10 Å². The number of methoxy groups -OCH3 is 1. The van der Waals surface area contributed by atoms with E-state index in [0.29, 0.717) is 17.3 Å². The second kappa shape index (κ2) is 4.57. The van der Waals surface area contributed by atoms with Gasteiger partial charge < -0.3 is 4.74 Å². The average molecular weight is 217 g/mol. The van der Waals surface area contributed by atoms with E-state index in [-0.39, 0.29) is 5.78 Å². The highest BCUT2D eigenvalue weighted by Gasteiger charge is 2.21. The van der Waals surface area contributed by atoms with Crippen molar-refractivity contribution >= 4 is 17.4 Å². The zero-order valence-corrected chi connectivity index (χ0v) is 9.21. The molecule has 1 aromatic heterocycles. The third-order valence-corrected chi connectivity index (χ3v) is 2.33. The first-order valence-electron chi connectivity index (χ1n) is 4.40. The van der Waals surface area contributed by atoms with E-state index in [2.05, 4.69) is 5.10 Å². The Morgan fingerprint density at radius 1 is 1.79 bits per heavy atom. The van der Waals surface area contributed by atoms with E-state index in [1.54, 1.807) is 11.6 Å². The summed E-state index contributed by atoms with van der Waals surface area (Å²) in [4.78, 5) is 11.8. The number of carbonyl (C=O) groups excluding carboxylic acids is 1. The molecule has 14 heavy (non-hydrogen) atoms. The van der Waals surface area contributed by atoms with Crippen LogP contribution in [0.4, 0.5) is 0 Å². The summed E-state index contributed by atoms with van der Waals surface area (Å²) in [6.07, 6.45) is 0.982. The summed E-state index contributed by atoms with van der Waals surface area (Å²) in [5.74, 6) is -0.142. The van der Waals surface area contributed by atoms with Crippen molar-refractivity contribution in [3.8, 4) is 0 Å². The van der Waals surface area contributed by atoms with Gasteiger partial charge >= 0.3 is 0 Å². The lowest BCUT2D eigenvalue weighted by Crippen LogP contribution is -2.22. The Kier molecular flexibility index (Phi) is 3.66. The van der Waals surface area contributed by atoms with E-state index in [4.69, 9.17) is 16.3 Å². The minimum atomic E-state index is -0.491. The third-order valence-electron chi connectivity index (χ3n) is 2.05. The summed E-state index contributed by atoms with van der Waals surface area (Å²) >= 11 is 5.86. The number of rotatable bonds is 4. The van der Waals surface area contributed by atoms with Crippen molar-refractivity contribution in [2.75, 3.05) is 7.11 Å². The highest BCUT2D eigenvalue weighted by molar-refractivity contribution is 6.33. The molecule has 0 aliphatic rings. The smallest absolute Gasteiger partial charge is 0.210 e. The average Bonchev–Trinajstić information content (AvgIpc) is 2.57. The van der Waals surface area contributed by atoms with Crippen LogP contribution in [0.25, 0.3) is 0 Å². The highest BCUT2D eigenvalue weighted by Crippen LogP contribution is 2.17. The van der Waals surface area contributed by atoms with Crippen molar-refractivity contribution in [3.05, 3.63) is 16.9 Å². The first-order chi connectivity index (χ1) is 6.61. The number of halogens is 1. The van der Waals surface area contributed by atoms with Crippen LogP contribution in [0.1, 0.15) is 24.3 Å². The molecule has 0 saturated heterocycles. The van der Waals surface area contributed by atoms with Crippen LogP contribution in [-0.4, -0.2) is 28.8 Å². The minimum absolute atomic E-state index is 0.142. The molecule has 1 rings (SSSR count). The van der Waals surface area contributed by atoms with Crippen LogP contribution < -0.4 is 0 Å². The van der Waals surface area contributed by atoms with Crippen molar-refractivity contribution in [1.82, 2.24) is 9.78 Å². The zero-order valence-electron chi connectivity index (χ0n) is 8.45. The molecule has 0 saturated carbocycles. The summed E-state index contributed by atoms with van der Waals surface area (Å²) in [6.45, 7) is 4.20. The minimum Gasteiger partial charge on any atom is -0.374 e. The van der Waals surface area contributed by atoms with Gasteiger partial charge in [0.2, 0.25) is 5.78 Å². The van der Waals surface area contributed by atoms with Crippen LogP contribution in [0.3, 0.4) is 0 Å². The Balaban J connectivity index is 3.04. The molecule has 0 spiro atoms. The fraction of sp³-hybridized carbons (Fsp3) is 0.556. The Bertz CT molecular complexity index is 336. The maximum absolute atomic E-state index is 11.8. The number of aryl methyl sites for hydroxylation is 1. The molecular formula is C9H13ClN2O2. The molecule has 0 amide bonds. The molecule has 0 aromatic carbocycles. The quantitative estimate of drug-likeness (QED) is 0.721. The second-order valence-electron chi connectivity index (χ2n) is 2.90. The molecule has 5 heteroatoms. The first kappa shape index (κ1) is 11.2. The number of ether oxygens (including phenoxy) is 1. The van der Waals surface area contributed by atoms with E-state index in [1.165, 1.54) is 13.3 Å². The van der Waals surface area contributed by atoms with Crippen LogP contribution in [0.2, 0.25) is 5.02 Å². The molecule has 4 nitrogen and oxygen atoms in total. The Morgan fingerprint density at radius 3 is 2.93 bits per heavy atom. The predicted molar refractivity (Wildman–Crippen MR) is 53.7 cm³/mol. The fourth-order valence-corrected chi connectivity index (χ4v) is 1.38. The monoisotopic (exact) mass is 216 g/mol. The topological polar surface area (TPSA) is 44.1 Å². The van der Waals surface area contributed by atoms with Crippen molar-refractivity contribution < 1.29 is 9.53 Å². The SMILES string of the molecule is CCn1ncc(Cl)c1C(=O)C(C)OC. The molecule has 1 aromatic rings. The maximum atomic E-state index is 11.8. The van der Waals surface area contributed by atoms with Crippen molar-refractivity contribution in [1.29, 1.82) is 0 Å². The van der Waals surface area contributed by atoms with Gasteiger partial charge in [0.1, 0.15) is 11.8 Å². The fourth-order valence-electron chi connectivity index (χ4n) is 1.15. The number of hydrogen-bond acceptors (Lipinski definition) is 3. The van der Waals surface area contributed by atoms with E-state index in [0.717, 1.165) is 0 Å². The van der Waals surface area contributed by atoms with Gasteiger partial charge in [0, 0.05) is 13.7 Å². The predicted octanol–water partition coefficient (Wildman–Crippen LogP) is 1.77. The van der Waals surface area contributed by atoms with E-state index in [9.17, 15) is 4.79 Å². The molecule has 78 valence electrons. The molecule has 1 unspecified atom stereocenters. The van der Waals surface area contributed by atoms with E-state index in [1.807, 2.05) is 6.92 Å². The molecule has 0 aliphatic carbocycles. The summed E-state index contributed by atoms with van der Waals surface area (Å²) in [7, 11) is 1.49. The number of aromatic nitrogens is 2. The maximum Gasteiger partial charge on any atom is 0.210 e. The molecule has 1 atom stereocenters. The van der Waals surface area contributed by atoms with E-state index >= 15 is 0 Å². The van der Waals surface area contributed by atoms with Crippen LogP contribution in [-0.2, 0) is 11.3 Å². The molecule has 0 aliphatic heterocycles. The van der Waals surface area contributed by atoms with Crippen LogP contribution in [0, 0.1) is 0 Å². The van der Waals surface area contributed by atoms with Gasteiger partial charge in [0.25, 0.3) is 0 Å². The van der Waals surface area contributed by atoms with Crippen molar-refractivity contribution in [3.63, 3.8) is 0 Å². The summed E-state index contributed by atoms with van der Waals surface area (Å²) in [5, 5.41) is 4.36.